The Kier molecular flexibility index (Phi) is 10.0. The number of carbonyl (C=O) groups excluding carboxylic acids is 2. The number of anilines is 1. The molecule has 1 aromatic heterocycles. The summed E-state index contributed by atoms with van der Waals surface area (Å²) in [5.41, 5.74) is 9.10. The van der Waals surface area contributed by atoms with Gasteiger partial charge >= 0.3 is 0 Å². The number of aromatic nitrogens is 1. The predicted molar refractivity (Wildman–Crippen MR) is 151 cm³/mol. The zero-order chi connectivity index (χ0) is 26.0. The third-order valence-electron chi connectivity index (χ3n) is 5.68. The standard InChI is InChI=1S/C28H29N7O2.ClH/c29-27(30)21-9-6-10-23(17-21)34-26(24-11-4-5-14-31-24)28(37)32-18-25(36)33-22-12-15-35(16-13-22)19-20-7-2-1-3-8-20;/h1-15,17,26,34H,16,18-19H2,(H3,29,30)(H,32,37)(H,33,36);1H. The van der Waals surface area contributed by atoms with Crippen LogP contribution in [0.4, 0.5) is 5.69 Å². The van der Waals surface area contributed by atoms with Crippen molar-refractivity contribution in [1.82, 2.24) is 20.5 Å². The molecule has 1 aliphatic rings. The molecule has 1 unspecified atom stereocenters. The molecule has 4 rings (SSSR count). The van der Waals surface area contributed by atoms with Crippen molar-refractivity contribution in [3.05, 3.63) is 120 Å². The average Bonchev–Trinajstić information content (AvgIpc) is 2.93. The van der Waals surface area contributed by atoms with Gasteiger partial charge in [-0.05, 0) is 42.0 Å². The molecule has 2 heterocycles. The largest absolute Gasteiger partial charge is 0.384 e. The zero-order valence-corrected chi connectivity index (χ0v) is 21.4. The summed E-state index contributed by atoms with van der Waals surface area (Å²) in [5.74, 6) is -0.822. The maximum absolute atomic E-state index is 13.1. The summed E-state index contributed by atoms with van der Waals surface area (Å²) in [4.78, 5) is 32.1. The van der Waals surface area contributed by atoms with Gasteiger partial charge in [0.1, 0.15) is 11.9 Å². The molecule has 9 nitrogen and oxygen atoms in total. The highest BCUT2D eigenvalue weighted by Gasteiger charge is 2.22. The van der Waals surface area contributed by atoms with Crippen molar-refractivity contribution in [2.24, 2.45) is 5.73 Å². The molecule has 196 valence electrons. The summed E-state index contributed by atoms with van der Waals surface area (Å²) >= 11 is 0. The van der Waals surface area contributed by atoms with Gasteiger partial charge in [-0.3, -0.25) is 20.0 Å². The lowest BCUT2D eigenvalue weighted by atomic mass is 10.1. The number of nitrogens with zero attached hydrogens (tertiary/aromatic N) is 2. The molecule has 3 aromatic rings. The number of benzene rings is 2. The number of rotatable bonds is 10. The summed E-state index contributed by atoms with van der Waals surface area (Å²) in [6, 6.07) is 21.5. The van der Waals surface area contributed by atoms with Crippen molar-refractivity contribution in [3.8, 4) is 0 Å². The minimum absolute atomic E-state index is 0. The smallest absolute Gasteiger partial charge is 0.249 e. The van der Waals surface area contributed by atoms with E-state index in [-0.39, 0.29) is 30.7 Å². The van der Waals surface area contributed by atoms with E-state index < -0.39 is 11.9 Å². The number of carbonyl (C=O) groups is 2. The molecule has 0 fully saturated rings. The first kappa shape index (κ1) is 27.9. The van der Waals surface area contributed by atoms with Gasteiger partial charge in [0.15, 0.2) is 0 Å². The lowest BCUT2D eigenvalue weighted by molar-refractivity contribution is -0.126. The van der Waals surface area contributed by atoms with E-state index in [0.29, 0.717) is 29.2 Å². The monoisotopic (exact) mass is 531 g/mol. The van der Waals surface area contributed by atoms with Crippen LogP contribution >= 0.6 is 12.4 Å². The second-order valence-corrected chi connectivity index (χ2v) is 8.48. The summed E-state index contributed by atoms with van der Waals surface area (Å²) < 4.78 is 0. The van der Waals surface area contributed by atoms with E-state index in [4.69, 9.17) is 11.1 Å². The van der Waals surface area contributed by atoms with Gasteiger partial charge in [0, 0.05) is 42.4 Å². The van der Waals surface area contributed by atoms with Crippen LogP contribution in [0.3, 0.4) is 0 Å². The van der Waals surface area contributed by atoms with Crippen molar-refractivity contribution in [1.29, 1.82) is 5.41 Å². The Labute approximate surface area is 227 Å². The summed E-state index contributed by atoms with van der Waals surface area (Å²) in [6.07, 6.45) is 7.31. The molecule has 2 amide bonds. The van der Waals surface area contributed by atoms with E-state index in [1.54, 1.807) is 48.7 Å². The Hall–Kier alpha value is -4.63. The van der Waals surface area contributed by atoms with E-state index in [1.165, 1.54) is 5.56 Å². The van der Waals surface area contributed by atoms with Crippen molar-refractivity contribution >= 4 is 35.7 Å². The van der Waals surface area contributed by atoms with Crippen LogP contribution in [0.15, 0.2) is 103 Å². The second-order valence-electron chi connectivity index (χ2n) is 8.48. The molecule has 10 heteroatoms. The van der Waals surface area contributed by atoms with Gasteiger partial charge in [-0.25, -0.2) is 0 Å². The first-order chi connectivity index (χ1) is 18.0. The fraction of sp³-hybridized carbons (Fsp3) is 0.143. The number of halogens is 1. The van der Waals surface area contributed by atoms with Gasteiger partial charge in [-0.2, -0.15) is 0 Å². The Morgan fingerprint density at radius 3 is 2.53 bits per heavy atom. The number of amides is 2. The van der Waals surface area contributed by atoms with Crippen LogP contribution in [0.1, 0.15) is 22.9 Å². The van der Waals surface area contributed by atoms with Gasteiger partial charge in [0.2, 0.25) is 11.8 Å². The minimum Gasteiger partial charge on any atom is -0.384 e. The highest BCUT2D eigenvalue weighted by molar-refractivity contribution is 5.96. The average molecular weight is 532 g/mol. The Balaban J connectivity index is 0.00000400. The molecule has 2 aromatic carbocycles. The van der Waals surface area contributed by atoms with Crippen molar-refractivity contribution in [3.63, 3.8) is 0 Å². The first-order valence-electron chi connectivity index (χ1n) is 11.8. The molecule has 1 atom stereocenters. The van der Waals surface area contributed by atoms with Crippen LogP contribution in [0, 0.1) is 5.41 Å². The van der Waals surface area contributed by atoms with Crippen LogP contribution < -0.4 is 21.7 Å². The molecule has 0 aliphatic carbocycles. The lowest BCUT2D eigenvalue weighted by Gasteiger charge is -2.23. The maximum Gasteiger partial charge on any atom is 0.249 e. The van der Waals surface area contributed by atoms with E-state index in [9.17, 15) is 9.59 Å². The number of amidine groups is 1. The Bertz CT molecular complexity index is 1310. The Morgan fingerprint density at radius 1 is 1.05 bits per heavy atom. The van der Waals surface area contributed by atoms with Crippen LogP contribution in [0.2, 0.25) is 0 Å². The summed E-state index contributed by atoms with van der Waals surface area (Å²) in [6.45, 7) is 1.25. The van der Waals surface area contributed by atoms with Crippen molar-refractivity contribution < 1.29 is 9.59 Å². The lowest BCUT2D eigenvalue weighted by Crippen LogP contribution is -2.41. The molecular weight excluding hydrogens is 502 g/mol. The molecule has 6 N–H and O–H groups in total. The van der Waals surface area contributed by atoms with Crippen molar-refractivity contribution in [2.45, 2.75) is 12.6 Å². The fourth-order valence-electron chi connectivity index (χ4n) is 3.80. The summed E-state index contributed by atoms with van der Waals surface area (Å²) in [5, 5.41) is 16.3. The van der Waals surface area contributed by atoms with Crippen LogP contribution in [-0.4, -0.2) is 40.6 Å². The maximum atomic E-state index is 13.1. The van der Waals surface area contributed by atoms with Crippen LogP contribution in [0.25, 0.3) is 0 Å². The topological polar surface area (TPSA) is 136 Å². The normalized spacial score (nSPS) is 12.9. The molecule has 0 bridgehead atoms. The number of nitrogens with one attached hydrogen (secondary N) is 4. The van der Waals surface area contributed by atoms with Gasteiger partial charge in [0.05, 0.1) is 12.2 Å². The molecule has 0 radical (unpaired) electrons. The van der Waals surface area contributed by atoms with E-state index >= 15 is 0 Å². The number of nitrogen functional groups attached to an aromatic ring is 1. The summed E-state index contributed by atoms with van der Waals surface area (Å²) in [7, 11) is 0. The highest BCUT2D eigenvalue weighted by atomic mass is 35.5. The van der Waals surface area contributed by atoms with Crippen LogP contribution in [-0.2, 0) is 16.1 Å². The molecule has 0 saturated heterocycles. The van der Waals surface area contributed by atoms with Gasteiger partial charge in [-0.1, -0.05) is 48.5 Å². The van der Waals surface area contributed by atoms with E-state index in [1.807, 2.05) is 36.6 Å². The Morgan fingerprint density at radius 2 is 1.84 bits per heavy atom. The van der Waals surface area contributed by atoms with Gasteiger partial charge in [-0.15, -0.1) is 12.4 Å². The van der Waals surface area contributed by atoms with E-state index in [2.05, 4.69) is 38.0 Å². The quantitative estimate of drug-likeness (QED) is 0.201. The number of allylic oxidation sites excluding steroid dienone is 1. The third kappa shape index (κ3) is 7.94. The number of hydrogen-bond donors (Lipinski definition) is 5. The number of pyridine rings is 1. The molecule has 1 aliphatic heterocycles. The minimum atomic E-state index is -0.850. The predicted octanol–water partition coefficient (Wildman–Crippen LogP) is 3.09. The highest BCUT2D eigenvalue weighted by Crippen LogP contribution is 2.19. The fourth-order valence-corrected chi connectivity index (χ4v) is 3.80. The molecule has 38 heavy (non-hydrogen) atoms. The SMILES string of the molecule is Cl.N=C(N)c1cccc(NC(C(=O)NCC(=O)NC2=CCN(Cc3ccccc3)C=C2)c2ccccn2)c1. The van der Waals surface area contributed by atoms with E-state index in [0.717, 1.165) is 6.54 Å². The molecule has 0 spiro atoms. The molecule has 0 saturated carbocycles. The second kappa shape index (κ2) is 13.6. The van der Waals surface area contributed by atoms with Gasteiger partial charge < -0.3 is 26.6 Å². The van der Waals surface area contributed by atoms with Crippen LogP contribution in [0.5, 0.6) is 0 Å². The first-order valence-corrected chi connectivity index (χ1v) is 11.8. The zero-order valence-electron chi connectivity index (χ0n) is 20.6. The molecular formula is C28H30ClN7O2. The van der Waals surface area contributed by atoms with Crippen molar-refractivity contribution in [2.75, 3.05) is 18.4 Å². The van der Waals surface area contributed by atoms with Gasteiger partial charge in [0.25, 0.3) is 0 Å². The third-order valence-corrected chi connectivity index (χ3v) is 5.68. The number of hydrogen-bond acceptors (Lipinski definition) is 6. The number of nitrogens with two attached hydrogens (primary N) is 1.